The molecule has 7 heteroatoms. The molecule has 0 unspecified atom stereocenters. The number of halogens is 1. The molecule has 0 aliphatic carbocycles. The third kappa shape index (κ3) is 5.21. The van der Waals surface area contributed by atoms with Crippen molar-refractivity contribution in [3.63, 3.8) is 0 Å². The summed E-state index contributed by atoms with van der Waals surface area (Å²) in [6.45, 7) is 2.37. The number of nitrogens with one attached hydrogen (secondary N) is 1. The van der Waals surface area contributed by atoms with Crippen molar-refractivity contribution in [3.05, 3.63) is 59.7 Å². The number of ether oxygens (including phenoxy) is 1. The van der Waals surface area contributed by atoms with Crippen LogP contribution in [0.3, 0.4) is 0 Å². The van der Waals surface area contributed by atoms with E-state index in [1.807, 2.05) is 12.1 Å². The van der Waals surface area contributed by atoms with E-state index >= 15 is 0 Å². The zero-order chi connectivity index (χ0) is 17.6. The SMILES string of the molecule is Cl.Nc1ccc(CC(=O)Nc2ccc(C(=O)N3CCOCC3)cc2)cc1. The van der Waals surface area contributed by atoms with E-state index in [0.717, 1.165) is 5.56 Å². The fourth-order valence-corrected chi connectivity index (χ4v) is 2.67. The Labute approximate surface area is 158 Å². The molecule has 3 rings (SSSR count). The van der Waals surface area contributed by atoms with E-state index in [2.05, 4.69) is 5.32 Å². The van der Waals surface area contributed by atoms with Gasteiger partial charge in [0.1, 0.15) is 0 Å². The van der Waals surface area contributed by atoms with Gasteiger partial charge in [0.25, 0.3) is 5.91 Å². The van der Waals surface area contributed by atoms with Crippen LogP contribution in [0.15, 0.2) is 48.5 Å². The number of anilines is 2. The van der Waals surface area contributed by atoms with Crippen LogP contribution in [0, 0.1) is 0 Å². The van der Waals surface area contributed by atoms with Crippen molar-refractivity contribution in [2.75, 3.05) is 37.4 Å². The van der Waals surface area contributed by atoms with Crippen LogP contribution in [0.1, 0.15) is 15.9 Å². The van der Waals surface area contributed by atoms with Gasteiger partial charge in [-0.15, -0.1) is 12.4 Å². The van der Waals surface area contributed by atoms with Gasteiger partial charge >= 0.3 is 0 Å². The zero-order valence-electron chi connectivity index (χ0n) is 14.3. The number of benzene rings is 2. The highest BCUT2D eigenvalue weighted by atomic mass is 35.5. The summed E-state index contributed by atoms with van der Waals surface area (Å²) < 4.78 is 5.26. The van der Waals surface area contributed by atoms with Crippen molar-refractivity contribution in [3.8, 4) is 0 Å². The number of carbonyl (C=O) groups is 2. The maximum Gasteiger partial charge on any atom is 0.254 e. The lowest BCUT2D eigenvalue weighted by Gasteiger charge is -2.26. The summed E-state index contributed by atoms with van der Waals surface area (Å²) in [6.07, 6.45) is 0.273. The third-order valence-corrected chi connectivity index (χ3v) is 4.06. The molecule has 0 aromatic heterocycles. The molecule has 0 bridgehead atoms. The highest BCUT2D eigenvalue weighted by Crippen LogP contribution is 2.14. The van der Waals surface area contributed by atoms with Crippen molar-refractivity contribution < 1.29 is 14.3 Å². The number of amides is 2. The summed E-state index contributed by atoms with van der Waals surface area (Å²) in [5.74, 6) is -0.125. The summed E-state index contributed by atoms with van der Waals surface area (Å²) in [5, 5.41) is 2.84. The van der Waals surface area contributed by atoms with E-state index in [1.165, 1.54) is 0 Å². The molecule has 26 heavy (non-hydrogen) atoms. The minimum atomic E-state index is -0.114. The van der Waals surface area contributed by atoms with Gasteiger partial charge in [-0.25, -0.2) is 0 Å². The van der Waals surface area contributed by atoms with Crippen LogP contribution in [0.25, 0.3) is 0 Å². The van der Waals surface area contributed by atoms with Gasteiger partial charge in [0.05, 0.1) is 19.6 Å². The molecule has 3 N–H and O–H groups in total. The minimum absolute atomic E-state index is 0. The van der Waals surface area contributed by atoms with Crippen molar-refractivity contribution in [1.82, 2.24) is 4.90 Å². The predicted octanol–water partition coefficient (Wildman–Crippen LogP) is 2.34. The largest absolute Gasteiger partial charge is 0.399 e. The maximum atomic E-state index is 12.4. The van der Waals surface area contributed by atoms with E-state index in [1.54, 1.807) is 41.3 Å². The predicted molar refractivity (Wildman–Crippen MR) is 104 cm³/mol. The van der Waals surface area contributed by atoms with Gasteiger partial charge in [-0.05, 0) is 42.0 Å². The van der Waals surface area contributed by atoms with E-state index < -0.39 is 0 Å². The van der Waals surface area contributed by atoms with Crippen LogP contribution in [-0.4, -0.2) is 43.0 Å². The first-order valence-electron chi connectivity index (χ1n) is 8.23. The molecule has 1 heterocycles. The summed E-state index contributed by atoms with van der Waals surface area (Å²) in [5.41, 5.74) is 8.48. The Balaban J connectivity index is 0.00000243. The van der Waals surface area contributed by atoms with E-state index in [-0.39, 0.29) is 30.6 Å². The molecule has 0 saturated carbocycles. The highest BCUT2D eigenvalue weighted by molar-refractivity contribution is 5.96. The number of carbonyl (C=O) groups excluding carboxylic acids is 2. The molecule has 1 saturated heterocycles. The van der Waals surface area contributed by atoms with Gasteiger partial charge in [0.15, 0.2) is 0 Å². The van der Waals surface area contributed by atoms with Gasteiger partial charge in [0, 0.05) is 30.0 Å². The standard InChI is InChI=1S/C19H21N3O3.ClH/c20-16-5-1-14(2-6-16)13-18(23)21-17-7-3-15(4-8-17)19(24)22-9-11-25-12-10-22;/h1-8H,9-13,20H2,(H,21,23);1H. The van der Waals surface area contributed by atoms with Crippen molar-refractivity contribution in [2.45, 2.75) is 6.42 Å². The summed E-state index contributed by atoms with van der Waals surface area (Å²) in [7, 11) is 0. The number of nitrogens with zero attached hydrogens (tertiary/aromatic N) is 1. The lowest BCUT2D eigenvalue weighted by Crippen LogP contribution is -2.40. The summed E-state index contributed by atoms with van der Waals surface area (Å²) in [6, 6.07) is 14.2. The van der Waals surface area contributed by atoms with Gasteiger partial charge < -0.3 is 20.7 Å². The van der Waals surface area contributed by atoms with E-state index in [9.17, 15) is 9.59 Å². The van der Waals surface area contributed by atoms with Crippen LogP contribution >= 0.6 is 12.4 Å². The highest BCUT2D eigenvalue weighted by Gasteiger charge is 2.18. The number of hydrogen-bond acceptors (Lipinski definition) is 4. The van der Waals surface area contributed by atoms with Crippen LogP contribution in [-0.2, 0) is 16.0 Å². The number of nitrogen functional groups attached to an aromatic ring is 1. The van der Waals surface area contributed by atoms with Crippen LogP contribution < -0.4 is 11.1 Å². The zero-order valence-corrected chi connectivity index (χ0v) is 15.1. The van der Waals surface area contributed by atoms with Gasteiger partial charge in [-0.3, -0.25) is 9.59 Å². The number of hydrogen-bond donors (Lipinski definition) is 2. The van der Waals surface area contributed by atoms with Gasteiger partial charge in [-0.2, -0.15) is 0 Å². The Kier molecular flexibility index (Phi) is 7.00. The monoisotopic (exact) mass is 375 g/mol. The fourth-order valence-electron chi connectivity index (χ4n) is 2.67. The second-order valence-electron chi connectivity index (χ2n) is 5.95. The first-order valence-corrected chi connectivity index (χ1v) is 8.23. The number of rotatable bonds is 4. The smallest absolute Gasteiger partial charge is 0.254 e. The normalized spacial score (nSPS) is 13.6. The average molecular weight is 376 g/mol. The minimum Gasteiger partial charge on any atom is -0.399 e. The second-order valence-corrected chi connectivity index (χ2v) is 5.95. The number of nitrogens with two attached hydrogens (primary N) is 1. The molecule has 0 radical (unpaired) electrons. The van der Waals surface area contributed by atoms with E-state index in [0.29, 0.717) is 43.2 Å². The summed E-state index contributed by atoms with van der Waals surface area (Å²) >= 11 is 0. The first-order chi connectivity index (χ1) is 12.1. The van der Waals surface area contributed by atoms with Crippen molar-refractivity contribution in [2.24, 2.45) is 0 Å². The van der Waals surface area contributed by atoms with Crippen molar-refractivity contribution >= 4 is 35.6 Å². The molecule has 6 nitrogen and oxygen atoms in total. The van der Waals surface area contributed by atoms with Crippen LogP contribution in [0.4, 0.5) is 11.4 Å². The summed E-state index contributed by atoms with van der Waals surface area (Å²) in [4.78, 5) is 26.3. The van der Waals surface area contributed by atoms with Crippen LogP contribution in [0.5, 0.6) is 0 Å². The Bertz CT molecular complexity index is 742. The Hall–Kier alpha value is -2.57. The molecule has 2 aromatic carbocycles. The molecule has 2 aromatic rings. The topological polar surface area (TPSA) is 84.7 Å². The van der Waals surface area contributed by atoms with Gasteiger partial charge in [0.2, 0.25) is 5.91 Å². The van der Waals surface area contributed by atoms with Gasteiger partial charge in [-0.1, -0.05) is 12.1 Å². The molecule has 2 amide bonds. The average Bonchev–Trinajstić information content (AvgIpc) is 2.64. The fraction of sp³-hybridized carbons (Fsp3) is 0.263. The Morgan fingerprint density at radius 2 is 1.62 bits per heavy atom. The molecule has 1 aliphatic rings. The lowest BCUT2D eigenvalue weighted by atomic mass is 10.1. The quantitative estimate of drug-likeness (QED) is 0.803. The van der Waals surface area contributed by atoms with E-state index in [4.69, 9.17) is 10.5 Å². The molecule has 0 atom stereocenters. The molecular formula is C19H22ClN3O3. The maximum absolute atomic E-state index is 12.4. The third-order valence-electron chi connectivity index (χ3n) is 4.06. The Morgan fingerprint density at radius 3 is 2.23 bits per heavy atom. The molecule has 0 spiro atoms. The Morgan fingerprint density at radius 1 is 1.00 bits per heavy atom. The number of morpholine rings is 1. The lowest BCUT2D eigenvalue weighted by molar-refractivity contribution is -0.115. The molecule has 138 valence electrons. The molecular weight excluding hydrogens is 354 g/mol. The second kappa shape index (κ2) is 9.22. The molecule has 1 fully saturated rings. The van der Waals surface area contributed by atoms with Crippen LogP contribution in [0.2, 0.25) is 0 Å². The molecule has 1 aliphatic heterocycles. The first kappa shape index (κ1) is 19.8. The van der Waals surface area contributed by atoms with Crippen molar-refractivity contribution in [1.29, 1.82) is 0 Å².